The molecule has 0 radical (unpaired) electrons. The van der Waals surface area contributed by atoms with E-state index in [-0.39, 0.29) is 27.6 Å². The zero-order chi connectivity index (χ0) is 30.4. The van der Waals surface area contributed by atoms with Crippen molar-refractivity contribution < 1.29 is 17.9 Å². The molecule has 0 atom stereocenters. The first-order valence-electron chi connectivity index (χ1n) is 13.9. The fourth-order valence-corrected chi connectivity index (χ4v) is 5.90. The summed E-state index contributed by atoms with van der Waals surface area (Å²) in [6.07, 6.45) is 2.75. The van der Waals surface area contributed by atoms with Crippen LogP contribution in [0.2, 0.25) is 5.02 Å². The van der Waals surface area contributed by atoms with Crippen molar-refractivity contribution in [3.63, 3.8) is 0 Å². The number of benzene rings is 2. The van der Waals surface area contributed by atoms with Crippen molar-refractivity contribution >= 4 is 61.9 Å². The molecular formula is C29H38ClN7O4S. The third-order valence-corrected chi connectivity index (χ3v) is 9.52. The topological polar surface area (TPSA) is 129 Å². The van der Waals surface area contributed by atoms with Crippen LogP contribution in [0.5, 0.6) is 5.75 Å². The lowest BCUT2D eigenvalue weighted by Crippen LogP contribution is -2.29. The maximum absolute atomic E-state index is 12.9. The maximum Gasteiger partial charge on any atom is 0.229 e. The molecule has 2 heterocycles. The van der Waals surface area contributed by atoms with Gasteiger partial charge in [-0.1, -0.05) is 30.7 Å². The largest absolute Gasteiger partial charge is 0.494 e. The summed E-state index contributed by atoms with van der Waals surface area (Å²) >= 11 is 6.42. The molecule has 2 aromatic carbocycles. The van der Waals surface area contributed by atoms with Crippen LogP contribution in [-0.2, 0) is 14.6 Å². The second-order valence-electron chi connectivity index (χ2n) is 10.3. The van der Waals surface area contributed by atoms with Gasteiger partial charge in [-0.3, -0.25) is 4.79 Å². The third-order valence-electron chi connectivity index (χ3n) is 7.03. The number of likely N-dealkylation sites (N-methyl/N-ethyl adjacent to an activating group) is 1. The number of ether oxygens (including phenoxy) is 1. The summed E-state index contributed by atoms with van der Waals surface area (Å²) < 4.78 is 31.6. The smallest absolute Gasteiger partial charge is 0.229 e. The molecule has 3 aromatic rings. The highest BCUT2D eigenvalue weighted by Crippen LogP contribution is 2.39. The predicted molar refractivity (Wildman–Crippen MR) is 169 cm³/mol. The SMILES string of the molecule is CCC(=O)Nc1cc(Nc2ncc(Cl)c(Nc3ccccc3S(=O)(=O)C(C)C)n2)c(OC)cc1N1CCCN(C)CC1. The molecule has 1 amide bonds. The Hall–Kier alpha value is -3.61. The van der Waals surface area contributed by atoms with E-state index >= 15 is 0 Å². The van der Waals surface area contributed by atoms with Gasteiger partial charge in [-0.05, 0) is 52.1 Å². The molecule has 13 heteroatoms. The highest BCUT2D eigenvalue weighted by atomic mass is 35.5. The summed E-state index contributed by atoms with van der Waals surface area (Å²) in [5.41, 5.74) is 2.41. The summed E-state index contributed by atoms with van der Waals surface area (Å²) in [6.45, 7) is 8.63. The fourth-order valence-electron chi connectivity index (χ4n) is 4.56. The zero-order valence-electron chi connectivity index (χ0n) is 24.6. The van der Waals surface area contributed by atoms with Crippen molar-refractivity contribution in [1.29, 1.82) is 0 Å². The van der Waals surface area contributed by atoms with Gasteiger partial charge < -0.3 is 30.5 Å². The zero-order valence-corrected chi connectivity index (χ0v) is 26.1. The molecule has 1 aromatic heterocycles. The van der Waals surface area contributed by atoms with E-state index in [1.807, 2.05) is 12.1 Å². The number of carbonyl (C=O) groups is 1. The van der Waals surface area contributed by atoms with Gasteiger partial charge in [0.25, 0.3) is 0 Å². The molecular weight excluding hydrogens is 578 g/mol. The van der Waals surface area contributed by atoms with Gasteiger partial charge >= 0.3 is 0 Å². The van der Waals surface area contributed by atoms with Crippen LogP contribution in [0.3, 0.4) is 0 Å². The summed E-state index contributed by atoms with van der Waals surface area (Å²) in [7, 11) is 0.115. The minimum atomic E-state index is -3.57. The number of aromatic nitrogens is 2. The van der Waals surface area contributed by atoms with Crippen LogP contribution in [0.15, 0.2) is 47.5 Å². The van der Waals surface area contributed by atoms with Crippen molar-refractivity contribution in [1.82, 2.24) is 14.9 Å². The van der Waals surface area contributed by atoms with Crippen LogP contribution in [-0.4, -0.2) is 74.8 Å². The quantitative estimate of drug-likeness (QED) is 0.276. The van der Waals surface area contributed by atoms with Crippen LogP contribution in [0.1, 0.15) is 33.6 Å². The van der Waals surface area contributed by atoms with Gasteiger partial charge in [0.2, 0.25) is 11.9 Å². The summed E-state index contributed by atoms with van der Waals surface area (Å²) in [5, 5.41) is 8.87. The molecule has 11 nitrogen and oxygen atoms in total. The second kappa shape index (κ2) is 13.6. The van der Waals surface area contributed by atoms with E-state index in [0.717, 1.165) is 38.3 Å². The first kappa shape index (κ1) is 31.3. The standard InChI is InChI=1S/C29H38ClN7O4S/c1-6-27(38)32-22-16-23(25(41-5)17-24(22)37-13-9-12-36(4)14-15-37)34-29-31-18-20(30)28(35-29)33-21-10-7-8-11-26(21)42(39,40)19(2)3/h7-8,10-11,16-19H,6,9,12-15H2,1-5H3,(H,32,38)(H2,31,33,34,35). The molecule has 0 bridgehead atoms. The average molecular weight is 616 g/mol. The average Bonchev–Trinajstić information content (AvgIpc) is 3.19. The van der Waals surface area contributed by atoms with Crippen molar-refractivity contribution in [2.45, 2.75) is 43.8 Å². The third kappa shape index (κ3) is 7.23. The number of nitrogens with one attached hydrogen (secondary N) is 3. The van der Waals surface area contributed by atoms with Crippen LogP contribution >= 0.6 is 11.6 Å². The Balaban J connectivity index is 1.69. The molecule has 1 aliphatic rings. The number of halogens is 1. The minimum absolute atomic E-state index is 0.108. The van der Waals surface area contributed by atoms with Gasteiger partial charge in [0.15, 0.2) is 15.7 Å². The van der Waals surface area contributed by atoms with Gasteiger partial charge in [-0.2, -0.15) is 4.98 Å². The number of carbonyl (C=O) groups excluding carboxylic acids is 1. The fraction of sp³-hybridized carbons (Fsp3) is 0.414. The number of hydrogen-bond donors (Lipinski definition) is 3. The van der Waals surface area contributed by atoms with Gasteiger partial charge in [0, 0.05) is 32.1 Å². The van der Waals surface area contributed by atoms with E-state index in [2.05, 4.69) is 42.8 Å². The minimum Gasteiger partial charge on any atom is -0.494 e. The van der Waals surface area contributed by atoms with Crippen LogP contribution in [0.25, 0.3) is 0 Å². The van der Waals surface area contributed by atoms with E-state index in [4.69, 9.17) is 16.3 Å². The van der Waals surface area contributed by atoms with Crippen molar-refractivity contribution in [3.05, 3.63) is 47.6 Å². The monoisotopic (exact) mass is 615 g/mol. The number of amides is 1. The number of nitrogens with zero attached hydrogens (tertiary/aromatic N) is 4. The molecule has 0 unspecified atom stereocenters. The molecule has 0 spiro atoms. The van der Waals surface area contributed by atoms with E-state index in [1.54, 1.807) is 52.1 Å². The summed E-state index contributed by atoms with van der Waals surface area (Å²) in [4.78, 5) is 26.0. The number of para-hydroxylation sites is 1. The van der Waals surface area contributed by atoms with Crippen molar-refractivity contribution in [2.75, 3.05) is 61.2 Å². The normalized spacial score (nSPS) is 14.4. The number of sulfone groups is 1. The molecule has 42 heavy (non-hydrogen) atoms. The lowest BCUT2D eigenvalue weighted by Gasteiger charge is -2.27. The summed E-state index contributed by atoms with van der Waals surface area (Å²) in [6, 6.07) is 10.3. The molecule has 3 N–H and O–H groups in total. The van der Waals surface area contributed by atoms with E-state index in [9.17, 15) is 13.2 Å². The lowest BCUT2D eigenvalue weighted by atomic mass is 10.1. The van der Waals surface area contributed by atoms with Crippen LogP contribution in [0.4, 0.5) is 34.5 Å². The number of hydrogen-bond acceptors (Lipinski definition) is 10. The molecule has 1 fully saturated rings. The van der Waals surface area contributed by atoms with E-state index < -0.39 is 15.1 Å². The van der Waals surface area contributed by atoms with Crippen LogP contribution in [0, 0.1) is 0 Å². The Bertz CT molecular complexity index is 1530. The second-order valence-corrected chi connectivity index (χ2v) is 13.2. The first-order valence-corrected chi connectivity index (χ1v) is 15.8. The van der Waals surface area contributed by atoms with E-state index in [1.165, 1.54) is 6.20 Å². The van der Waals surface area contributed by atoms with Crippen molar-refractivity contribution in [2.24, 2.45) is 0 Å². The van der Waals surface area contributed by atoms with Crippen molar-refractivity contribution in [3.8, 4) is 5.75 Å². The predicted octanol–water partition coefficient (Wildman–Crippen LogP) is 5.30. The Kier molecular flexibility index (Phi) is 10.1. The Labute approximate surface area is 252 Å². The Morgan fingerprint density at radius 3 is 2.55 bits per heavy atom. The molecule has 1 saturated heterocycles. The van der Waals surface area contributed by atoms with Gasteiger partial charge in [-0.25, -0.2) is 13.4 Å². The summed E-state index contributed by atoms with van der Waals surface area (Å²) in [5.74, 6) is 0.854. The Morgan fingerprint density at radius 1 is 1.07 bits per heavy atom. The van der Waals surface area contributed by atoms with Gasteiger partial charge in [-0.15, -0.1) is 0 Å². The molecule has 0 aliphatic carbocycles. The van der Waals surface area contributed by atoms with Gasteiger partial charge in [0.1, 0.15) is 10.8 Å². The highest BCUT2D eigenvalue weighted by Gasteiger charge is 2.24. The highest BCUT2D eigenvalue weighted by molar-refractivity contribution is 7.92. The lowest BCUT2D eigenvalue weighted by molar-refractivity contribution is -0.115. The molecule has 1 aliphatic heterocycles. The molecule has 0 saturated carbocycles. The van der Waals surface area contributed by atoms with Crippen LogP contribution < -0.4 is 25.6 Å². The van der Waals surface area contributed by atoms with Gasteiger partial charge in [0.05, 0.1) is 46.2 Å². The number of rotatable bonds is 10. The van der Waals surface area contributed by atoms with E-state index in [0.29, 0.717) is 29.2 Å². The number of methoxy groups -OCH3 is 1. The first-order chi connectivity index (χ1) is 20.0. The molecule has 226 valence electrons. The molecule has 4 rings (SSSR count). The maximum atomic E-state index is 12.9. The number of anilines is 6. The Morgan fingerprint density at radius 2 is 1.83 bits per heavy atom.